The number of carbonyl (C=O) groups is 2. The number of hydrogen-bond acceptors (Lipinski definition) is 5. The van der Waals surface area contributed by atoms with Crippen LogP contribution in [0.25, 0.3) is 0 Å². The summed E-state index contributed by atoms with van der Waals surface area (Å²) in [4.78, 5) is 27.2. The zero-order chi connectivity index (χ0) is 18.6. The standard InChI is InChI=1S/C18H26N2O5/c1-18(2,3)25-17(23)20-10-9-19(12-15(20)16(21)22)11-13-5-7-14(24-4)8-6-13/h5-8,15H,9-12H2,1-4H3,(H,21,22)/t15-/m1/s1. The molecule has 1 heterocycles. The molecule has 1 amide bonds. The molecule has 1 saturated heterocycles. The molecular weight excluding hydrogens is 324 g/mol. The maximum absolute atomic E-state index is 12.3. The van der Waals surface area contributed by atoms with Crippen LogP contribution in [-0.4, -0.2) is 65.4 Å². The van der Waals surface area contributed by atoms with Gasteiger partial charge in [-0.25, -0.2) is 9.59 Å². The predicted octanol–water partition coefficient (Wildman–Crippen LogP) is 2.20. The number of rotatable bonds is 4. The van der Waals surface area contributed by atoms with Gasteiger partial charge >= 0.3 is 12.1 Å². The highest BCUT2D eigenvalue weighted by molar-refractivity contribution is 5.80. The second-order valence-corrected chi connectivity index (χ2v) is 7.11. The fourth-order valence-electron chi connectivity index (χ4n) is 2.72. The lowest BCUT2D eigenvalue weighted by atomic mass is 10.1. The van der Waals surface area contributed by atoms with Crippen molar-refractivity contribution in [2.24, 2.45) is 0 Å². The van der Waals surface area contributed by atoms with E-state index >= 15 is 0 Å². The molecule has 0 saturated carbocycles. The molecule has 1 aliphatic heterocycles. The Balaban J connectivity index is 2.02. The average molecular weight is 350 g/mol. The summed E-state index contributed by atoms with van der Waals surface area (Å²) in [7, 11) is 1.61. The third-order valence-electron chi connectivity index (χ3n) is 3.94. The zero-order valence-electron chi connectivity index (χ0n) is 15.2. The van der Waals surface area contributed by atoms with Crippen LogP contribution in [0.15, 0.2) is 24.3 Å². The van der Waals surface area contributed by atoms with Gasteiger partial charge in [0.2, 0.25) is 0 Å². The Bertz CT molecular complexity index is 609. The smallest absolute Gasteiger partial charge is 0.411 e. The van der Waals surface area contributed by atoms with Crippen LogP contribution in [0.3, 0.4) is 0 Å². The first kappa shape index (κ1) is 19.1. The molecule has 1 aromatic carbocycles. The minimum atomic E-state index is -1.02. The van der Waals surface area contributed by atoms with Crippen molar-refractivity contribution >= 4 is 12.1 Å². The second-order valence-electron chi connectivity index (χ2n) is 7.11. The van der Waals surface area contributed by atoms with Crippen molar-refractivity contribution < 1.29 is 24.2 Å². The first-order valence-corrected chi connectivity index (χ1v) is 8.27. The minimum Gasteiger partial charge on any atom is -0.497 e. The fraction of sp³-hybridized carbons (Fsp3) is 0.556. The Kier molecular flexibility index (Phi) is 5.89. The Morgan fingerprint density at radius 3 is 2.36 bits per heavy atom. The van der Waals surface area contributed by atoms with Crippen LogP contribution >= 0.6 is 0 Å². The molecule has 1 aromatic rings. The molecule has 0 bridgehead atoms. The van der Waals surface area contributed by atoms with Gasteiger partial charge in [-0.3, -0.25) is 9.80 Å². The van der Waals surface area contributed by atoms with Crippen LogP contribution < -0.4 is 4.74 Å². The van der Waals surface area contributed by atoms with Crippen LogP contribution in [0.5, 0.6) is 5.75 Å². The van der Waals surface area contributed by atoms with E-state index in [1.807, 2.05) is 29.2 Å². The first-order valence-electron chi connectivity index (χ1n) is 8.27. The number of methoxy groups -OCH3 is 1. The lowest BCUT2D eigenvalue weighted by Gasteiger charge is -2.39. The molecule has 1 aliphatic rings. The monoisotopic (exact) mass is 350 g/mol. The quantitative estimate of drug-likeness (QED) is 0.897. The highest BCUT2D eigenvalue weighted by atomic mass is 16.6. The van der Waals surface area contributed by atoms with E-state index in [0.29, 0.717) is 19.6 Å². The zero-order valence-corrected chi connectivity index (χ0v) is 15.2. The van der Waals surface area contributed by atoms with Gasteiger partial charge in [0.1, 0.15) is 17.4 Å². The van der Waals surface area contributed by atoms with E-state index in [9.17, 15) is 14.7 Å². The van der Waals surface area contributed by atoms with Crippen molar-refractivity contribution in [3.8, 4) is 5.75 Å². The van der Waals surface area contributed by atoms with E-state index in [1.165, 1.54) is 4.90 Å². The lowest BCUT2D eigenvalue weighted by molar-refractivity contribution is -0.145. The molecule has 7 nitrogen and oxygen atoms in total. The predicted molar refractivity (Wildman–Crippen MR) is 92.6 cm³/mol. The van der Waals surface area contributed by atoms with Gasteiger partial charge in [-0.2, -0.15) is 0 Å². The SMILES string of the molecule is COc1ccc(CN2CCN(C(=O)OC(C)(C)C)[C@@H](C(=O)O)C2)cc1. The van der Waals surface area contributed by atoms with E-state index in [0.717, 1.165) is 11.3 Å². The van der Waals surface area contributed by atoms with E-state index in [1.54, 1.807) is 27.9 Å². The topological polar surface area (TPSA) is 79.3 Å². The molecule has 2 rings (SSSR count). The second kappa shape index (κ2) is 7.74. The third kappa shape index (κ3) is 5.35. The van der Waals surface area contributed by atoms with Gasteiger partial charge < -0.3 is 14.6 Å². The average Bonchev–Trinajstić information content (AvgIpc) is 2.53. The Labute approximate surface area is 148 Å². The summed E-state index contributed by atoms with van der Waals surface area (Å²) in [6.45, 7) is 7.09. The molecule has 0 unspecified atom stereocenters. The number of nitrogens with zero attached hydrogens (tertiary/aromatic N) is 2. The molecule has 1 atom stereocenters. The van der Waals surface area contributed by atoms with E-state index in [-0.39, 0.29) is 6.54 Å². The Hall–Kier alpha value is -2.28. The van der Waals surface area contributed by atoms with Gasteiger partial charge in [0, 0.05) is 26.2 Å². The molecule has 138 valence electrons. The normalized spacial score (nSPS) is 18.7. The van der Waals surface area contributed by atoms with Gasteiger partial charge in [-0.15, -0.1) is 0 Å². The highest BCUT2D eigenvalue weighted by Crippen LogP contribution is 2.19. The molecule has 25 heavy (non-hydrogen) atoms. The molecule has 1 fully saturated rings. The van der Waals surface area contributed by atoms with Crippen LogP contribution in [-0.2, 0) is 16.1 Å². The maximum atomic E-state index is 12.3. The summed E-state index contributed by atoms with van der Waals surface area (Å²) in [5, 5.41) is 9.52. The van der Waals surface area contributed by atoms with Gasteiger partial charge in [0.05, 0.1) is 7.11 Å². The minimum absolute atomic E-state index is 0.264. The number of benzene rings is 1. The summed E-state index contributed by atoms with van der Waals surface area (Å²) in [5.41, 5.74) is 0.413. The molecule has 0 spiro atoms. The van der Waals surface area contributed by atoms with E-state index in [2.05, 4.69) is 0 Å². The van der Waals surface area contributed by atoms with E-state index < -0.39 is 23.7 Å². The lowest BCUT2D eigenvalue weighted by Crippen LogP contribution is -2.58. The first-order chi connectivity index (χ1) is 11.7. The van der Waals surface area contributed by atoms with Gasteiger partial charge in [0.25, 0.3) is 0 Å². The summed E-state index contributed by atoms with van der Waals surface area (Å²) in [6, 6.07) is 6.74. The van der Waals surface area contributed by atoms with Crippen molar-refractivity contribution in [3.05, 3.63) is 29.8 Å². The number of ether oxygens (including phenoxy) is 2. The number of piperazine rings is 1. The molecule has 1 N–H and O–H groups in total. The van der Waals surface area contributed by atoms with Crippen LogP contribution in [0.2, 0.25) is 0 Å². The molecule has 0 aromatic heterocycles. The number of aliphatic carboxylic acids is 1. The number of carbonyl (C=O) groups excluding carboxylic acids is 1. The molecular formula is C18H26N2O5. The summed E-state index contributed by atoms with van der Waals surface area (Å²) < 4.78 is 10.5. The van der Waals surface area contributed by atoms with Crippen molar-refractivity contribution in [2.75, 3.05) is 26.7 Å². The third-order valence-corrected chi connectivity index (χ3v) is 3.94. The maximum Gasteiger partial charge on any atom is 0.411 e. The molecule has 0 aliphatic carbocycles. The highest BCUT2D eigenvalue weighted by Gasteiger charge is 2.37. The van der Waals surface area contributed by atoms with Crippen molar-refractivity contribution in [1.29, 1.82) is 0 Å². The Morgan fingerprint density at radius 1 is 1.20 bits per heavy atom. The molecule has 0 radical (unpaired) electrons. The fourth-order valence-corrected chi connectivity index (χ4v) is 2.72. The number of hydrogen-bond donors (Lipinski definition) is 1. The van der Waals surface area contributed by atoms with Crippen LogP contribution in [0.1, 0.15) is 26.3 Å². The number of carboxylic acids is 1. The van der Waals surface area contributed by atoms with Crippen LogP contribution in [0.4, 0.5) is 4.79 Å². The largest absolute Gasteiger partial charge is 0.497 e. The number of carboxylic acid groups (broad SMARTS) is 1. The summed E-state index contributed by atoms with van der Waals surface area (Å²) in [5.74, 6) is -0.243. The van der Waals surface area contributed by atoms with Crippen molar-refractivity contribution in [3.63, 3.8) is 0 Å². The van der Waals surface area contributed by atoms with Gasteiger partial charge in [-0.1, -0.05) is 12.1 Å². The summed E-state index contributed by atoms with van der Waals surface area (Å²) in [6.07, 6.45) is -0.580. The van der Waals surface area contributed by atoms with Gasteiger partial charge in [0.15, 0.2) is 0 Å². The van der Waals surface area contributed by atoms with Gasteiger partial charge in [-0.05, 0) is 38.5 Å². The summed E-state index contributed by atoms with van der Waals surface area (Å²) >= 11 is 0. The number of amides is 1. The van der Waals surface area contributed by atoms with Crippen LogP contribution in [0, 0.1) is 0 Å². The molecule has 7 heteroatoms. The van der Waals surface area contributed by atoms with E-state index in [4.69, 9.17) is 9.47 Å². The Morgan fingerprint density at radius 2 is 1.84 bits per heavy atom. The van der Waals surface area contributed by atoms with Crippen molar-refractivity contribution in [1.82, 2.24) is 9.80 Å². The van der Waals surface area contributed by atoms with Crippen molar-refractivity contribution in [2.45, 2.75) is 39.0 Å².